The van der Waals surface area contributed by atoms with E-state index in [0.717, 1.165) is 33.5 Å². The zero-order valence-corrected chi connectivity index (χ0v) is 13.3. The molecule has 6 heteroatoms. The van der Waals surface area contributed by atoms with Crippen molar-refractivity contribution in [1.82, 2.24) is 9.97 Å². The number of fused-ring (bicyclic) bond motifs is 1. The molecule has 1 aliphatic rings. The van der Waals surface area contributed by atoms with Crippen LogP contribution in [0.4, 0.5) is 5.82 Å². The van der Waals surface area contributed by atoms with Crippen molar-refractivity contribution in [2.24, 2.45) is 0 Å². The van der Waals surface area contributed by atoms with Gasteiger partial charge in [-0.15, -0.1) is 0 Å². The summed E-state index contributed by atoms with van der Waals surface area (Å²) in [5, 5.41) is 3.77. The van der Waals surface area contributed by atoms with Crippen molar-refractivity contribution in [1.29, 1.82) is 0 Å². The summed E-state index contributed by atoms with van der Waals surface area (Å²) < 4.78 is 6.34. The van der Waals surface area contributed by atoms with Crippen LogP contribution >= 0.6 is 27.5 Å². The molecular formula is C14H13BrClN3O. The molecule has 0 amide bonds. The second-order valence-electron chi connectivity index (χ2n) is 4.50. The fraction of sp³-hybridized carbons (Fsp3) is 0.286. The third-order valence-electron chi connectivity index (χ3n) is 3.24. The summed E-state index contributed by atoms with van der Waals surface area (Å²) in [7, 11) is 1.86. The van der Waals surface area contributed by atoms with E-state index in [9.17, 15) is 0 Å². The van der Waals surface area contributed by atoms with Gasteiger partial charge in [-0.3, -0.25) is 0 Å². The van der Waals surface area contributed by atoms with Crippen LogP contribution in [0.3, 0.4) is 0 Å². The predicted octanol–water partition coefficient (Wildman–Crippen LogP) is 3.67. The first-order valence-electron chi connectivity index (χ1n) is 6.29. The fourth-order valence-electron chi connectivity index (χ4n) is 2.20. The van der Waals surface area contributed by atoms with Gasteiger partial charge in [0.2, 0.25) is 0 Å². The third-order valence-corrected chi connectivity index (χ3v) is 4.47. The summed E-state index contributed by atoms with van der Waals surface area (Å²) >= 11 is 9.53. The summed E-state index contributed by atoms with van der Waals surface area (Å²) in [4.78, 5) is 9.23. The van der Waals surface area contributed by atoms with E-state index in [-0.39, 0.29) is 0 Å². The van der Waals surface area contributed by atoms with Crippen LogP contribution in [0.2, 0.25) is 5.02 Å². The number of nitrogens with one attached hydrogen (secondary N) is 1. The van der Waals surface area contributed by atoms with Crippen molar-refractivity contribution in [2.75, 3.05) is 19.0 Å². The van der Waals surface area contributed by atoms with E-state index in [0.29, 0.717) is 24.1 Å². The Morgan fingerprint density at radius 2 is 2.20 bits per heavy atom. The molecule has 0 unspecified atom stereocenters. The molecule has 0 radical (unpaired) electrons. The zero-order valence-electron chi connectivity index (χ0n) is 10.9. The lowest BCUT2D eigenvalue weighted by atomic mass is 10.1. The molecule has 104 valence electrons. The molecule has 2 heterocycles. The summed E-state index contributed by atoms with van der Waals surface area (Å²) in [6.45, 7) is 1.26. The fourth-order valence-corrected chi connectivity index (χ4v) is 2.63. The minimum Gasteiger partial charge on any atom is -0.376 e. The molecule has 0 fully saturated rings. The van der Waals surface area contributed by atoms with Crippen molar-refractivity contribution in [2.45, 2.75) is 13.0 Å². The molecule has 1 N–H and O–H groups in total. The van der Waals surface area contributed by atoms with Crippen LogP contribution in [-0.2, 0) is 17.8 Å². The molecule has 1 aromatic carbocycles. The summed E-state index contributed by atoms with van der Waals surface area (Å²) in [5.74, 6) is 1.51. The monoisotopic (exact) mass is 353 g/mol. The van der Waals surface area contributed by atoms with Crippen LogP contribution in [0.15, 0.2) is 22.7 Å². The lowest BCUT2D eigenvalue weighted by Crippen LogP contribution is -2.16. The van der Waals surface area contributed by atoms with Gasteiger partial charge in [0.05, 0.1) is 23.9 Å². The Hall–Kier alpha value is -1.17. The molecule has 0 saturated carbocycles. The Labute approximate surface area is 130 Å². The number of ether oxygens (including phenoxy) is 1. The maximum absolute atomic E-state index is 6.14. The topological polar surface area (TPSA) is 47.0 Å². The Balaban J connectivity index is 2.11. The molecule has 1 aliphatic heterocycles. The van der Waals surface area contributed by atoms with Gasteiger partial charge in [-0.25, -0.2) is 9.97 Å². The molecule has 4 nitrogen and oxygen atoms in total. The van der Waals surface area contributed by atoms with Crippen molar-refractivity contribution >= 4 is 33.3 Å². The van der Waals surface area contributed by atoms with E-state index in [1.807, 2.05) is 25.2 Å². The van der Waals surface area contributed by atoms with Crippen LogP contribution in [0.1, 0.15) is 11.3 Å². The standard InChI is InChI=1S/C14H13BrClN3O/c1-17-14-9-7-20-5-4-12(9)18-13(19-14)8-2-3-10(15)11(16)6-8/h2-3,6H,4-5,7H2,1H3,(H,17,18,19). The minimum absolute atomic E-state index is 0.562. The quantitative estimate of drug-likeness (QED) is 0.894. The van der Waals surface area contributed by atoms with E-state index < -0.39 is 0 Å². The first-order chi connectivity index (χ1) is 9.69. The Morgan fingerprint density at radius 1 is 1.35 bits per heavy atom. The average Bonchev–Trinajstić information content (AvgIpc) is 2.49. The smallest absolute Gasteiger partial charge is 0.161 e. The van der Waals surface area contributed by atoms with Gasteiger partial charge in [0.1, 0.15) is 5.82 Å². The van der Waals surface area contributed by atoms with Crippen molar-refractivity contribution < 1.29 is 4.74 Å². The van der Waals surface area contributed by atoms with Crippen LogP contribution in [0.5, 0.6) is 0 Å². The number of hydrogen-bond donors (Lipinski definition) is 1. The normalized spacial score (nSPS) is 13.9. The third kappa shape index (κ3) is 2.53. The maximum atomic E-state index is 6.14. The number of halogens is 2. The van der Waals surface area contributed by atoms with E-state index in [1.165, 1.54) is 0 Å². The van der Waals surface area contributed by atoms with Crippen molar-refractivity contribution in [3.63, 3.8) is 0 Å². The Bertz CT molecular complexity index is 646. The van der Waals surface area contributed by atoms with Gasteiger partial charge in [0, 0.05) is 29.1 Å². The van der Waals surface area contributed by atoms with Gasteiger partial charge in [0.25, 0.3) is 0 Å². The molecule has 0 atom stereocenters. The van der Waals surface area contributed by atoms with Gasteiger partial charge < -0.3 is 10.1 Å². The zero-order chi connectivity index (χ0) is 14.1. The lowest BCUT2D eigenvalue weighted by molar-refractivity contribution is 0.109. The van der Waals surface area contributed by atoms with Crippen LogP contribution < -0.4 is 5.32 Å². The molecule has 0 spiro atoms. The van der Waals surface area contributed by atoms with Gasteiger partial charge in [0.15, 0.2) is 5.82 Å². The van der Waals surface area contributed by atoms with E-state index >= 15 is 0 Å². The van der Waals surface area contributed by atoms with Gasteiger partial charge >= 0.3 is 0 Å². The summed E-state index contributed by atoms with van der Waals surface area (Å²) in [6.07, 6.45) is 0.809. The average molecular weight is 355 g/mol. The number of hydrogen-bond acceptors (Lipinski definition) is 4. The van der Waals surface area contributed by atoms with Crippen molar-refractivity contribution in [3.05, 3.63) is 39.0 Å². The second-order valence-corrected chi connectivity index (χ2v) is 5.76. The lowest BCUT2D eigenvalue weighted by Gasteiger charge is -2.19. The Kier molecular flexibility index (Phi) is 3.92. The predicted molar refractivity (Wildman–Crippen MR) is 83.1 cm³/mol. The van der Waals surface area contributed by atoms with Crippen LogP contribution in [-0.4, -0.2) is 23.6 Å². The molecular weight excluding hydrogens is 342 g/mol. The molecule has 0 aliphatic carbocycles. The van der Waals surface area contributed by atoms with Gasteiger partial charge in [-0.2, -0.15) is 0 Å². The molecule has 3 rings (SSSR count). The first-order valence-corrected chi connectivity index (χ1v) is 7.47. The Morgan fingerprint density at radius 3 is 2.95 bits per heavy atom. The highest BCUT2D eigenvalue weighted by Gasteiger charge is 2.18. The molecule has 2 aromatic rings. The van der Waals surface area contributed by atoms with Crippen LogP contribution in [0, 0.1) is 0 Å². The van der Waals surface area contributed by atoms with E-state index in [2.05, 4.69) is 31.2 Å². The second kappa shape index (κ2) is 5.68. The highest BCUT2D eigenvalue weighted by Crippen LogP contribution is 2.30. The number of benzene rings is 1. The SMILES string of the molecule is CNc1nc(-c2ccc(Br)c(Cl)c2)nc2c1COCC2. The molecule has 20 heavy (non-hydrogen) atoms. The van der Waals surface area contributed by atoms with E-state index in [4.69, 9.17) is 16.3 Å². The maximum Gasteiger partial charge on any atom is 0.161 e. The minimum atomic E-state index is 0.562. The molecule has 0 bridgehead atoms. The highest BCUT2D eigenvalue weighted by molar-refractivity contribution is 9.10. The molecule has 1 aromatic heterocycles. The number of nitrogens with zero attached hydrogens (tertiary/aromatic N) is 2. The first kappa shape index (κ1) is 13.8. The summed E-state index contributed by atoms with van der Waals surface area (Å²) in [5.41, 5.74) is 3.00. The van der Waals surface area contributed by atoms with Gasteiger partial charge in [-0.05, 0) is 34.1 Å². The van der Waals surface area contributed by atoms with Crippen molar-refractivity contribution in [3.8, 4) is 11.4 Å². The highest BCUT2D eigenvalue weighted by atomic mass is 79.9. The largest absolute Gasteiger partial charge is 0.376 e. The number of rotatable bonds is 2. The van der Waals surface area contributed by atoms with Crippen LogP contribution in [0.25, 0.3) is 11.4 Å². The molecule has 0 saturated heterocycles. The van der Waals surface area contributed by atoms with Gasteiger partial charge in [-0.1, -0.05) is 11.6 Å². The number of anilines is 1. The number of aromatic nitrogens is 2. The summed E-state index contributed by atoms with van der Waals surface area (Å²) in [6, 6.07) is 5.73. The van der Waals surface area contributed by atoms with E-state index in [1.54, 1.807) is 0 Å².